The monoisotopic (exact) mass is 229 g/mol. The molecular formula is C12H23NO3. The van der Waals surface area contributed by atoms with E-state index in [9.17, 15) is 9.59 Å². The highest BCUT2D eigenvalue weighted by Gasteiger charge is 2.27. The molecule has 0 spiro atoms. The van der Waals surface area contributed by atoms with Gasteiger partial charge < -0.3 is 10.1 Å². The topological polar surface area (TPSA) is 55.4 Å². The number of hydrogen-bond donors (Lipinski definition) is 1. The van der Waals surface area contributed by atoms with Gasteiger partial charge in [0.1, 0.15) is 0 Å². The molecule has 0 bridgehead atoms. The fourth-order valence-corrected chi connectivity index (χ4v) is 1.03. The maximum Gasteiger partial charge on any atom is 0.310 e. The van der Waals surface area contributed by atoms with Crippen LogP contribution in [0.1, 0.15) is 41.5 Å². The molecular weight excluding hydrogens is 206 g/mol. The van der Waals surface area contributed by atoms with E-state index in [4.69, 9.17) is 4.74 Å². The van der Waals surface area contributed by atoms with E-state index in [2.05, 4.69) is 5.32 Å². The number of hydrogen-bond acceptors (Lipinski definition) is 3. The van der Waals surface area contributed by atoms with Gasteiger partial charge >= 0.3 is 5.97 Å². The first-order valence-corrected chi connectivity index (χ1v) is 5.67. The van der Waals surface area contributed by atoms with Crippen LogP contribution >= 0.6 is 0 Å². The first-order chi connectivity index (χ1) is 7.20. The Morgan fingerprint density at radius 2 is 1.75 bits per heavy atom. The van der Waals surface area contributed by atoms with Gasteiger partial charge in [-0.05, 0) is 20.8 Å². The fourth-order valence-electron chi connectivity index (χ4n) is 1.03. The number of rotatable bonds is 4. The van der Waals surface area contributed by atoms with E-state index in [0.29, 0.717) is 6.61 Å². The zero-order valence-electron chi connectivity index (χ0n) is 11.1. The number of esters is 1. The molecule has 0 aliphatic carbocycles. The van der Waals surface area contributed by atoms with Crippen LogP contribution in [-0.4, -0.2) is 24.5 Å². The van der Waals surface area contributed by atoms with Crippen molar-refractivity contribution in [1.82, 2.24) is 5.32 Å². The summed E-state index contributed by atoms with van der Waals surface area (Å²) in [4.78, 5) is 23.1. The maximum atomic E-state index is 11.7. The average Bonchev–Trinajstić information content (AvgIpc) is 2.15. The molecule has 0 heterocycles. The lowest BCUT2D eigenvalue weighted by Gasteiger charge is -2.24. The molecule has 0 rings (SSSR count). The van der Waals surface area contributed by atoms with Crippen molar-refractivity contribution >= 4 is 11.9 Å². The molecule has 94 valence electrons. The van der Waals surface area contributed by atoms with Crippen LogP contribution in [0.2, 0.25) is 0 Å². The van der Waals surface area contributed by atoms with Gasteiger partial charge in [-0.1, -0.05) is 20.8 Å². The lowest BCUT2D eigenvalue weighted by atomic mass is 9.94. The van der Waals surface area contributed by atoms with E-state index in [1.54, 1.807) is 13.8 Å². The van der Waals surface area contributed by atoms with E-state index in [1.165, 1.54) is 0 Å². The molecule has 4 heteroatoms. The molecule has 0 aliphatic heterocycles. The van der Waals surface area contributed by atoms with Crippen molar-refractivity contribution < 1.29 is 14.3 Å². The SMILES string of the molecule is CCOC(=O)[C@@H](C)[C@H](C)NC(=O)C(C)(C)C. The molecule has 0 aromatic heterocycles. The highest BCUT2D eigenvalue weighted by Crippen LogP contribution is 2.14. The number of ether oxygens (including phenoxy) is 1. The van der Waals surface area contributed by atoms with Crippen molar-refractivity contribution in [3.05, 3.63) is 0 Å². The summed E-state index contributed by atoms with van der Waals surface area (Å²) in [7, 11) is 0. The average molecular weight is 229 g/mol. The molecule has 0 radical (unpaired) electrons. The van der Waals surface area contributed by atoms with E-state index in [0.717, 1.165) is 0 Å². The second-order valence-corrected chi connectivity index (χ2v) is 5.05. The Morgan fingerprint density at radius 3 is 2.12 bits per heavy atom. The fraction of sp³-hybridized carbons (Fsp3) is 0.833. The van der Waals surface area contributed by atoms with Gasteiger partial charge in [0.25, 0.3) is 0 Å². The van der Waals surface area contributed by atoms with Gasteiger partial charge in [0.15, 0.2) is 0 Å². The summed E-state index contributed by atoms with van der Waals surface area (Å²) in [6, 6.07) is -0.217. The first kappa shape index (κ1) is 14.9. The Hall–Kier alpha value is -1.06. The van der Waals surface area contributed by atoms with Crippen LogP contribution in [-0.2, 0) is 14.3 Å². The Bertz CT molecular complexity index is 255. The van der Waals surface area contributed by atoms with Crippen molar-refractivity contribution in [2.75, 3.05) is 6.61 Å². The summed E-state index contributed by atoms with van der Waals surface area (Å²) in [5.74, 6) is -0.661. The van der Waals surface area contributed by atoms with Gasteiger partial charge in [-0.15, -0.1) is 0 Å². The molecule has 4 nitrogen and oxygen atoms in total. The van der Waals surface area contributed by atoms with E-state index < -0.39 is 5.41 Å². The lowest BCUT2D eigenvalue weighted by Crippen LogP contribution is -2.45. The second-order valence-electron chi connectivity index (χ2n) is 5.05. The highest BCUT2D eigenvalue weighted by atomic mass is 16.5. The van der Waals surface area contributed by atoms with Crippen LogP contribution < -0.4 is 5.32 Å². The summed E-state index contributed by atoms with van der Waals surface area (Å²) >= 11 is 0. The van der Waals surface area contributed by atoms with Gasteiger partial charge in [0.05, 0.1) is 12.5 Å². The summed E-state index contributed by atoms with van der Waals surface area (Å²) in [5.41, 5.74) is -0.442. The van der Waals surface area contributed by atoms with Gasteiger partial charge in [0.2, 0.25) is 5.91 Å². The molecule has 2 atom stereocenters. The van der Waals surface area contributed by atoms with Crippen LogP contribution in [0, 0.1) is 11.3 Å². The van der Waals surface area contributed by atoms with Gasteiger partial charge in [-0.3, -0.25) is 9.59 Å². The van der Waals surface area contributed by atoms with Crippen molar-refractivity contribution in [2.45, 2.75) is 47.6 Å². The van der Waals surface area contributed by atoms with Crippen LogP contribution in [0.5, 0.6) is 0 Å². The smallest absolute Gasteiger partial charge is 0.310 e. The molecule has 0 aliphatic rings. The minimum Gasteiger partial charge on any atom is -0.466 e. The number of carbonyl (C=O) groups excluding carboxylic acids is 2. The summed E-state index contributed by atoms with van der Waals surface area (Å²) in [6.07, 6.45) is 0. The minimum atomic E-state index is -0.442. The van der Waals surface area contributed by atoms with Crippen LogP contribution in [0.15, 0.2) is 0 Å². The third-order valence-electron chi connectivity index (χ3n) is 2.45. The van der Waals surface area contributed by atoms with Crippen molar-refractivity contribution in [3.63, 3.8) is 0 Å². The maximum absolute atomic E-state index is 11.7. The molecule has 0 aromatic carbocycles. The van der Waals surface area contributed by atoms with E-state index in [-0.39, 0.29) is 23.8 Å². The molecule has 16 heavy (non-hydrogen) atoms. The zero-order valence-corrected chi connectivity index (χ0v) is 11.1. The third kappa shape index (κ3) is 4.64. The first-order valence-electron chi connectivity index (χ1n) is 5.67. The van der Waals surface area contributed by atoms with E-state index >= 15 is 0 Å². The number of amides is 1. The lowest BCUT2D eigenvalue weighted by molar-refractivity contribution is -0.148. The zero-order chi connectivity index (χ0) is 12.9. The van der Waals surface area contributed by atoms with Gasteiger partial charge in [-0.25, -0.2) is 0 Å². The molecule has 0 unspecified atom stereocenters. The second kappa shape index (κ2) is 5.87. The summed E-state index contributed by atoms with van der Waals surface area (Å²) < 4.78 is 4.90. The predicted octanol–water partition coefficient (Wildman–Crippen LogP) is 1.74. The normalized spacial score (nSPS) is 15.1. The van der Waals surface area contributed by atoms with Crippen LogP contribution in [0.3, 0.4) is 0 Å². The van der Waals surface area contributed by atoms with Crippen LogP contribution in [0.4, 0.5) is 0 Å². The predicted molar refractivity (Wildman–Crippen MR) is 62.9 cm³/mol. The van der Waals surface area contributed by atoms with Crippen molar-refractivity contribution in [3.8, 4) is 0 Å². The molecule has 0 fully saturated rings. The molecule has 1 amide bonds. The van der Waals surface area contributed by atoms with Gasteiger partial charge in [0, 0.05) is 11.5 Å². The van der Waals surface area contributed by atoms with Gasteiger partial charge in [-0.2, -0.15) is 0 Å². The Morgan fingerprint density at radius 1 is 1.25 bits per heavy atom. The Labute approximate surface area is 97.7 Å². The van der Waals surface area contributed by atoms with Crippen molar-refractivity contribution in [2.24, 2.45) is 11.3 Å². The van der Waals surface area contributed by atoms with Crippen molar-refractivity contribution in [1.29, 1.82) is 0 Å². The number of nitrogens with one attached hydrogen (secondary N) is 1. The quantitative estimate of drug-likeness (QED) is 0.747. The molecule has 1 N–H and O–H groups in total. The molecule has 0 saturated heterocycles. The van der Waals surface area contributed by atoms with E-state index in [1.807, 2.05) is 27.7 Å². The van der Waals surface area contributed by atoms with Crippen LogP contribution in [0.25, 0.3) is 0 Å². The largest absolute Gasteiger partial charge is 0.466 e. The molecule has 0 saturated carbocycles. The Kier molecular flexibility index (Phi) is 5.48. The third-order valence-corrected chi connectivity index (χ3v) is 2.45. The number of carbonyl (C=O) groups is 2. The summed E-state index contributed by atoms with van der Waals surface area (Å²) in [6.45, 7) is 11.2. The summed E-state index contributed by atoms with van der Waals surface area (Å²) in [5, 5.41) is 2.82. The highest BCUT2D eigenvalue weighted by molar-refractivity contribution is 5.82. The standard InChI is InChI=1S/C12H23NO3/c1-7-16-10(14)8(2)9(3)13-11(15)12(4,5)6/h8-9H,7H2,1-6H3,(H,13,15)/t8-,9-/m0/s1. The Balaban J connectivity index is 4.31. The minimum absolute atomic E-state index is 0.0591. The molecule has 0 aromatic rings.